The Morgan fingerprint density at radius 3 is 2.00 bits per heavy atom. The van der Waals surface area contributed by atoms with Crippen LogP contribution < -0.4 is 0 Å². The summed E-state index contributed by atoms with van der Waals surface area (Å²) in [6.07, 6.45) is 10.7. The summed E-state index contributed by atoms with van der Waals surface area (Å²) in [5, 5.41) is 0. The van der Waals surface area contributed by atoms with Crippen molar-refractivity contribution in [2.45, 2.75) is 58.9 Å². The van der Waals surface area contributed by atoms with Crippen LogP contribution in [0, 0.1) is 17.3 Å². The SMILES string of the molecule is CC(C)C(C)(C)C([SiH3])C1C=C2CCCCC2=C1. The lowest BCUT2D eigenvalue weighted by molar-refractivity contribution is 0.216. The molecule has 0 heterocycles. The number of allylic oxidation sites excluding steroid dienone is 4. The van der Waals surface area contributed by atoms with E-state index in [4.69, 9.17) is 0 Å². The van der Waals surface area contributed by atoms with Crippen LogP contribution in [0.4, 0.5) is 0 Å². The van der Waals surface area contributed by atoms with Crippen LogP contribution in [-0.4, -0.2) is 10.2 Å². The lowest BCUT2D eigenvalue weighted by Gasteiger charge is -2.38. The molecule has 0 radical (unpaired) electrons. The summed E-state index contributed by atoms with van der Waals surface area (Å²) >= 11 is 0. The Hall–Kier alpha value is -0.303. The van der Waals surface area contributed by atoms with E-state index >= 15 is 0 Å². The van der Waals surface area contributed by atoms with E-state index < -0.39 is 0 Å². The van der Waals surface area contributed by atoms with Gasteiger partial charge in [-0.1, -0.05) is 39.8 Å². The molecule has 1 saturated carbocycles. The molecular formula is C16H28Si. The van der Waals surface area contributed by atoms with E-state index in [0.29, 0.717) is 5.41 Å². The molecule has 0 aromatic rings. The van der Waals surface area contributed by atoms with Gasteiger partial charge in [0, 0.05) is 10.2 Å². The Bertz CT molecular complexity index is 325. The first kappa shape index (κ1) is 13.1. The van der Waals surface area contributed by atoms with Gasteiger partial charge in [-0.05, 0) is 59.6 Å². The van der Waals surface area contributed by atoms with Crippen molar-refractivity contribution in [3.63, 3.8) is 0 Å². The Kier molecular flexibility index (Phi) is 3.68. The first-order chi connectivity index (χ1) is 7.93. The van der Waals surface area contributed by atoms with Gasteiger partial charge >= 0.3 is 0 Å². The molecule has 0 aromatic heterocycles. The second kappa shape index (κ2) is 4.76. The summed E-state index contributed by atoms with van der Waals surface area (Å²) in [6.45, 7) is 9.70. The Morgan fingerprint density at radius 2 is 1.59 bits per heavy atom. The molecule has 17 heavy (non-hydrogen) atoms. The van der Waals surface area contributed by atoms with E-state index in [1.54, 1.807) is 11.1 Å². The van der Waals surface area contributed by atoms with Crippen molar-refractivity contribution in [2.75, 3.05) is 0 Å². The maximum atomic E-state index is 2.61. The van der Waals surface area contributed by atoms with Gasteiger partial charge in [-0.15, -0.1) is 0 Å². The molecule has 0 nitrogen and oxygen atoms in total. The van der Waals surface area contributed by atoms with E-state index in [1.807, 2.05) is 0 Å². The largest absolute Gasteiger partial charge is 0.0741 e. The molecule has 0 spiro atoms. The third-order valence-corrected chi connectivity index (χ3v) is 7.84. The summed E-state index contributed by atoms with van der Waals surface area (Å²) < 4.78 is 0. The fourth-order valence-corrected chi connectivity index (χ4v) is 4.21. The maximum Gasteiger partial charge on any atom is 0.00857 e. The molecule has 0 bridgehead atoms. The molecule has 2 rings (SSSR count). The maximum absolute atomic E-state index is 2.61. The Balaban J connectivity index is 2.15. The molecule has 1 heteroatoms. The molecule has 1 fully saturated rings. The average Bonchev–Trinajstić information content (AvgIpc) is 2.70. The zero-order chi connectivity index (χ0) is 12.6. The minimum Gasteiger partial charge on any atom is -0.0741 e. The highest BCUT2D eigenvalue weighted by Crippen LogP contribution is 2.47. The van der Waals surface area contributed by atoms with Gasteiger partial charge in [0.05, 0.1) is 0 Å². The average molecular weight is 248 g/mol. The van der Waals surface area contributed by atoms with Gasteiger partial charge in [-0.3, -0.25) is 0 Å². The fourth-order valence-electron chi connectivity index (χ4n) is 3.16. The molecule has 0 amide bonds. The molecule has 0 N–H and O–H groups in total. The molecule has 0 aliphatic heterocycles. The van der Waals surface area contributed by atoms with E-state index in [2.05, 4.69) is 39.8 Å². The third-order valence-electron chi connectivity index (χ3n) is 5.58. The molecule has 1 atom stereocenters. The van der Waals surface area contributed by atoms with Crippen molar-refractivity contribution in [3.8, 4) is 0 Å². The van der Waals surface area contributed by atoms with Crippen molar-refractivity contribution < 1.29 is 0 Å². The summed E-state index contributed by atoms with van der Waals surface area (Å²) in [6, 6.07) is 0. The van der Waals surface area contributed by atoms with Gasteiger partial charge in [0.2, 0.25) is 0 Å². The second-order valence-corrected chi connectivity index (χ2v) is 8.18. The number of rotatable bonds is 3. The highest BCUT2D eigenvalue weighted by molar-refractivity contribution is 6.12. The molecule has 96 valence electrons. The standard InChI is InChI=1S/C16H28Si/c1-11(2)16(3,4)15(17)14-9-12-7-5-6-8-13(12)10-14/h9-11,14-15H,5-8H2,1-4,17H3. The van der Waals surface area contributed by atoms with Crippen molar-refractivity contribution in [1.29, 1.82) is 0 Å². The third kappa shape index (κ3) is 2.45. The quantitative estimate of drug-likeness (QED) is 0.665. The minimum atomic E-state index is 0.485. The molecular weight excluding hydrogens is 220 g/mol. The van der Waals surface area contributed by atoms with Gasteiger partial charge < -0.3 is 0 Å². The van der Waals surface area contributed by atoms with E-state index in [9.17, 15) is 0 Å². The highest BCUT2D eigenvalue weighted by Gasteiger charge is 2.35. The lowest BCUT2D eigenvalue weighted by atomic mass is 9.74. The van der Waals surface area contributed by atoms with Gasteiger partial charge in [-0.2, -0.15) is 0 Å². The number of hydrogen-bond acceptors (Lipinski definition) is 0. The van der Waals surface area contributed by atoms with Crippen LogP contribution >= 0.6 is 0 Å². The van der Waals surface area contributed by atoms with Crippen molar-refractivity contribution in [2.24, 2.45) is 17.3 Å². The summed E-state index contributed by atoms with van der Waals surface area (Å²) in [4.78, 5) is 0. The molecule has 0 saturated heterocycles. The van der Waals surface area contributed by atoms with Gasteiger partial charge in [0.1, 0.15) is 0 Å². The Labute approximate surface area is 110 Å². The number of fused-ring (bicyclic) bond motifs is 1. The van der Waals surface area contributed by atoms with Crippen LogP contribution in [0.2, 0.25) is 5.54 Å². The van der Waals surface area contributed by atoms with E-state index in [0.717, 1.165) is 17.4 Å². The summed E-state index contributed by atoms with van der Waals surface area (Å²) in [5.41, 5.74) is 4.76. The van der Waals surface area contributed by atoms with Crippen LogP contribution in [0.3, 0.4) is 0 Å². The van der Waals surface area contributed by atoms with Gasteiger partial charge in [0.25, 0.3) is 0 Å². The summed E-state index contributed by atoms with van der Waals surface area (Å²) in [7, 11) is 1.31. The smallest absolute Gasteiger partial charge is 0.00857 e. The van der Waals surface area contributed by atoms with Crippen LogP contribution in [0.5, 0.6) is 0 Å². The second-order valence-electron chi connectivity index (χ2n) is 6.93. The van der Waals surface area contributed by atoms with Crippen LogP contribution in [-0.2, 0) is 0 Å². The zero-order valence-corrected chi connectivity index (χ0v) is 14.2. The lowest BCUT2D eigenvalue weighted by Crippen LogP contribution is -2.29. The van der Waals surface area contributed by atoms with E-state index in [-0.39, 0.29) is 0 Å². The minimum absolute atomic E-state index is 0.485. The molecule has 2 aliphatic carbocycles. The van der Waals surface area contributed by atoms with Crippen molar-refractivity contribution >= 4 is 10.2 Å². The van der Waals surface area contributed by atoms with Gasteiger partial charge in [0.15, 0.2) is 0 Å². The highest BCUT2D eigenvalue weighted by atomic mass is 28.1. The predicted octanol–water partition coefficient (Wildman–Crippen LogP) is 3.88. The summed E-state index contributed by atoms with van der Waals surface area (Å²) in [5.74, 6) is 1.53. The predicted molar refractivity (Wildman–Crippen MR) is 80.4 cm³/mol. The van der Waals surface area contributed by atoms with Crippen LogP contribution in [0.15, 0.2) is 23.3 Å². The van der Waals surface area contributed by atoms with Crippen molar-refractivity contribution in [1.82, 2.24) is 0 Å². The normalized spacial score (nSPS) is 23.6. The van der Waals surface area contributed by atoms with Crippen LogP contribution in [0.25, 0.3) is 0 Å². The first-order valence-corrected chi connectivity index (χ1v) is 8.50. The molecule has 1 unspecified atom stereocenters. The van der Waals surface area contributed by atoms with Gasteiger partial charge in [-0.25, -0.2) is 0 Å². The monoisotopic (exact) mass is 248 g/mol. The zero-order valence-electron chi connectivity index (χ0n) is 12.2. The topological polar surface area (TPSA) is 0 Å². The first-order valence-electron chi connectivity index (χ1n) is 7.34. The Morgan fingerprint density at radius 1 is 1.12 bits per heavy atom. The van der Waals surface area contributed by atoms with E-state index in [1.165, 1.54) is 35.9 Å². The molecule has 2 aliphatic rings. The van der Waals surface area contributed by atoms with Crippen molar-refractivity contribution in [3.05, 3.63) is 23.3 Å². The fraction of sp³-hybridized carbons (Fsp3) is 0.750. The number of hydrogen-bond donors (Lipinski definition) is 0. The molecule has 0 aromatic carbocycles. The van der Waals surface area contributed by atoms with Crippen LogP contribution in [0.1, 0.15) is 53.4 Å².